The van der Waals surface area contributed by atoms with Crippen molar-refractivity contribution in [3.63, 3.8) is 0 Å². The highest BCUT2D eigenvalue weighted by Crippen LogP contribution is 2.21. The Hall–Kier alpha value is -2.08. The topological polar surface area (TPSA) is 93.9 Å². The van der Waals surface area contributed by atoms with Crippen molar-refractivity contribution in [3.05, 3.63) is 29.3 Å². The molecule has 0 radical (unpaired) electrons. The Morgan fingerprint density at radius 1 is 1.56 bits per heavy atom. The fourth-order valence-corrected chi connectivity index (χ4v) is 1.37. The molecule has 4 N–H and O–H groups in total. The number of esters is 1. The van der Waals surface area contributed by atoms with Crippen LogP contribution in [0.1, 0.15) is 15.9 Å². The third kappa shape index (κ3) is 2.29. The van der Waals surface area contributed by atoms with Gasteiger partial charge in [0.15, 0.2) is 0 Å². The van der Waals surface area contributed by atoms with Gasteiger partial charge in [-0.1, -0.05) is 6.07 Å². The fourth-order valence-electron chi connectivity index (χ4n) is 1.37. The minimum Gasteiger partial charge on any atom is -0.465 e. The molecule has 0 bridgehead atoms. The van der Waals surface area contributed by atoms with Gasteiger partial charge < -0.3 is 10.6 Å². The van der Waals surface area contributed by atoms with Gasteiger partial charge in [-0.2, -0.15) is 5.10 Å². The van der Waals surface area contributed by atoms with E-state index in [1.165, 1.54) is 18.5 Å². The summed E-state index contributed by atoms with van der Waals surface area (Å²) in [4.78, 5) is 11.4. The van der Waals surface area contributed by atoms with Crippen molar-refractivity contribution < 1.29 is 9.53 Å². The van der Waals surface area contributed by atoms with Gasteiger partial charge in [-0.3, -0.25) is 5.01 Å². The molecule has 6 nitrogen and oxygen atoms in total. The number of methoxy groups -OCH3 is 1. The number of nitrogens with zero attached hydrogens (tertiary/aromatic N) is 2. The number of nitrogens with two attached hydrogens (primary N) is 2. The predicted octanol–water partition coefficient (Wildman–Crippen LogP) is 0.364. The highest BCUT2D eigenvalue weighted by Gasteiger charge is 2.13. The van der Waals surface area contributed by atoms with Gasteiger partial charge in [-0.25, -0.2) is 10.6 Å². The number of anilines is 1. The van der Waals surface area contributed by atoms with Gasteiger partial charge in [0.2, 0.25) is 0 Å². The number of hydrogen-bond donors (Lipinski definition) is 2. The maximum Gasteiger partial charge on any atom is 0.338 e. The number of hydrazine groups is 1. The van der Waals surface area contributed by atoms with Crippen LogP contribution >= 0.6 is 0 Å². The molecule has 1 aromatic carbocycles. The van der Waals surface area contributed by atoms with Gasteiger partial charge in [0, 0.05) is 0 Å². The Morgan fingerprint density at radius 3 is 2.81 bits per heavy atom. The van der Waals surface area contributed by atoms with Crippen LogP contribution in [0.3, 0.4) is 0 Å². The Labute approximate surface area is 93.4 Å². The number of rotatable bonds is 3. The first-order valence-electron chi connectivity index (χ1n) is 4.57. The molecule has 0 spiro atoms. The summed E-state index contributed by atoms with van der Waals surface area (Å²) in [6, 6.07) is 5.13. The molecular weight excluding hydrogens is 208 g/mol. The molecule has 0 aliphatic heterocycles. The summed E-state index contributed by atoms with van der Waals surface area (Å²) < 4.78 is 4.66. The molecule has 0 heterocycles. The molecule has 0 aromatic heterocycles. The van der Waals surface area contributed by atoms with Gasteiger partial charge >= 0.3 is 5.97 Å². The molecule has 0 aliphatic rings. The second-order valence-electron chi connectivity index (χ2n) is 3.11. The molecule has 0 saturated carbocycles. The third-order valence-corrected chi connectivity index (χ3v) is 2.18. The van der Waals surface area contributed by atoms with Gasteiger partial charge in [0.25, 0.3) is 0 Å². The highest BCUT2D eigenvalue weighted by atomic mass is 16.5. The lowest BCUT2D eigenvalue weighted by molar-refractivity contribution is 0.0600. The Morgan fingerprint density at radius 2 is 2.25 bits per heavy atom. The van der Waals surface area contributed by atoms with Crippen LogP contribution in [0.4, 0.5) is 5.69 Å². The zero-order chi connectivity index (χ0) is 12.1. The van der Waals surface area contributed by atoms with Crippen LogP contribution in [0, 0.1) is 6.92 Å². The largest absolute Gasteiger partial charge is 0.465 e. The van der Waals surface area contributed by atoms with E-state index >= 15 is 0 Å². The molecule has 0 amide bonds. The Kier molecular flexibility index (Phi) is 3.84. The molecule has 0 aliphatic carbocycles. The summed E-state index contributed by atoms with van der Waals surface area (Å²) in [5.41, 5.74) is 1.80. The van der Waals surface area contributed by atoms with Crippen LogP contribution in [0.25, 0.3) is 0 Å². The van der Waals surface area contributed by atoms with E-state index in [0.29, 0.717) is 16.8 Å². The summed E-state index contributed by atoms with van der Waals surface area (Å²) in [6.45, 7) is 1.77. The smallest absolute Gasteiger partial charge is 0.338 e. The van der Waals surface area contributed by atoms with Crippen molar-refractivity contribution in [2.75, 3.05) is 12.1 Å². The first-order valence-corrected chi connectivity index (χ1v) is 4.57. The molecule has 86 valence electrons. The van der Waals surface area contributed by atoms with E-state index in [1.54, 1.807) is 25.1 Å². The number of carbonyl (C=O) groups is 1. The Bertz CT molecular complexity index is 417. The van der Waals surface area contributed by atoms with Gasteiger partial charge in [-0.15, -0.1) is 0 Å². The van der Waals surface area contributed by atoms with Crippen LogP contribution in [0.15, 0.2) is 23.3 Å². The van der Waals surface area contributed by atoms with Crippen LogP contribution < -0.4 is 16.7 Å². The van der Waals surface area contributed by atoms with Crippen molar-refractivity contribution in [1.29, 1.82) is 0 Å². The number of hydrogen-bond acceptors (Lipinski definition) is 5. The van der Waals surface area contributed by atoms with Crippen LogP contribution in [-0.4, -0.2) is 19.4 Å². The van der Waals surface area contributed by atoms with Crippen LogP contribution in [-0.2, 0) is 4.74 Å². The average molecular weight is 222 g/mol. The molecule has 0 fully saturated rings. The lowest BCUT2D eigenvalue weighted by Gasteiger charge is -2.16. The van der Waals surface area contributed by atoms with E-state index in [2.05, 4.69) is 9.84 Å². The van der Waals surface area contributed by atoms with E-state index in [-0.39, 0.29) is 0 Å². The quantitative estimate of drug-likeness (QED) is 0.253. The SMILES string of the molecule is COC(=O)c1cccc(N(N)/C=N\N)c1C. The van der Waals surface area contributed by atoms with Gasteiger partial charge in [0.05, 0.1) is 18.4 Å². The minimum absolute atomic E-state index is 0.405. The Balaban J connectivity index is 3.18. The fraction of sp³-hybridized carbons (Fsp3) is 0.200. The standard InChI is InChI=1S/C10H14N4O2/c1-7-8(10(15)16-2)4-3-5-9(7)14(12)6-13-11/h3-6H,11-12H2,1-2H3/b13-6-. The summed E-state index contributed by atoms with van der Waals surface area (Å²) >= 11 is 0. The van der Waals surface area contributed by atoms with Crippen LogP contribution in [0.5, 0.6) is 0 Å². The molecule has 0 atom stereocenters. The van der Waals surface area contributed by atoms with Gasteiger partial charge in [0.1, 0.15) is 6.34 Å². The van der Waals surface area contributed by atoms with E-state index in [9.17, 15) is 4.79 Å². The third-order valence-electron chi connectivity index (χ3n) is 2.18. The summed E-state index contributed by atoms with van der Waals surface area (Å²) in [7, 11) is 1.33. The summed E-state index contributed by atoms with van der Waals surface area (Å²) in [5.74, 6) is 10.3. The van der Waals surface area contributed by atoms with Crippen molar-refractivity contribution in [3.8, 4) is 0 Å². The molecule has 0 saturated heterocycles. The number of carbonyl (C=O) groups excluding carboxylic acids is 1. The highest BCUT2D eigenvalue weighted by molar-refractivity contribution is 5.94. The van der Waals surface area contributed by atoms with E-state index in [0.717, 1.165) is 0 Å². The predicted molar refractivity (Wildman–Crippen MR) is 61.9 cm³/mol. The molecule has 16 heavy (non-hydrogen) atoms. The lowest BCUT2D eigenvalue weighted by atomic mass is 10.1. The van der Waals surface area contributed by atoms with Crippen molar-refractivity contribution in [2.24, 2.45) is 16.8 Å². The van der Waals surface area contributed by atoms with Gasteiger partial charge in [-0.05, 0) is 24.6 Å². The number of benzene rings is 1. The zero-order valence-corrected chi connectivity index (χ0v) is 9.18. The lowest BCUT2D eigenvalue weighted by Crippen LogP contribution is -2.30. The second kappa shape index (κ2) is 5.13. The maximum atomic E-state index is 11.4. The first kappa shape index (κ1) is 12.0. The second-order valence-corrected chi connectivity index (χ2v) is 3.11. The normalized spacial score (nSPS) is 10.4. The zero-order valence-electron chi connectivity index (χ0n) is 9.18. The first-order chi connectivity index (χ1) is 7.61. The van der Waals surface area contributed by atoms with Crippen molar-refractivity contribution >= 4 is 18.0 Å². The van der Waals surface area contributed by atoms with E-state index < -0.39 is 5.97 Å². The average Bonchev–Trinajstić information content (AvgIpc) is 2.28. The molecule has 6 heteroatoms. The minimum atomic E-state index is -0.405. The summed E-state index contributed by atoms with van der Waals surface area (Å²) in [5, 5.41) is 4.55. The summed E-state index contributed by atoms with van der Waals surface area (Å²) in [6.07, 6.45) is 1.25. The van der Waals surface area contributed by atoms with E-state index in [1.807, 2.05) is 0 Å². The molecule has 0 unspecified atom stereocenters. The van der Waals surface area contributed by atoms with Crippen LogP contribution in [0.2, 0.25) is 0 Å². The van der Waals surface area contributed by atoms with Crippen molar-refractivity contribution in [1.82, 2.24) is 0 Å². The van der Waals surface area contributed by atoms with E-state index in [4.69, 9.17) is 11.7 Å². The number of ether oxygens (including phenoxy) is 1. The molecule has 1 rings (SSSR count). The monoisotopic (exact) mass is 222 g/mol. The molecule has 1 aromatic rings. The van der Waals surface area contributed by atoms with Crippen molar-refractivity contribution in [2.45, 2.75) is 6.92 Å². The maximum absolute atomic E-state index is 11.4. The number of hydrazone groups is 1. The molecular formula is C10H14N4O2.